The number of hydrogen-bond acceptors (Lipinski definition) is 7. The number of benzene rings is 3. The third-order valence-electron chi connectivity index (χ3n) is 5.67. The molecule has 4 aromatic rings. The van der Waals surface area contributed by atoms with Crippen molar-refractivity contribution in [1.82, 2.24) is 0 Å². The van der Waals surface area contributed by atoms with Crippen molar-refractivity contribution in [2.45, 2.75) is 19.6 Å². The monoisotopic (exact) mass is 484 g/mol. The Balaban J connectivity index is 1.57. The van der Waals surface area contributed by atoms with Gasteiger partial charge in [-0.05, 0) is 47.5 Å². The number of furan rings is 1. The van der Waals surface area contributed by atoms with Crippen molar-refractivity contribution < 1.29 is 23.4 Å². The number of nitrogens with zero attached hydrogens (tertiary/aromatic N) is 1. The van der Waals surface area contributed by atoms with Crippen LogP contribution in [0.1, 0.15) is 16.9 Å². The molecule has 7 heteroatoms. The first-order valence-corrected chi connectivity index (χ1v) is 11.4. The molecule has 0 spiro atoms. The highest BCUT2D eigenvalue weighted by atomic mass is 16.5. The zero-order valence-corrected chi connectivity index (χ0v) is 20.5. The third-order valence-corrected chi connectivity index (χ3v) is 5.67. The van der Waals surface area contributed by atoms with Gasteiger partial charge in [0.2, 0.25) is 5.75 Å². The van der Waals surface area contributed by atoms with E-state index < -0.39 is 0 Å². The summed E-state index contributed by atoms with van der Waals surface area (Å²) >= 11 is 0. The number of nitrogens with one attached hydrogen (secondary N) is 1. The van der Waals surface area contributed by atoms with E-state index in [0.717, 1.165) is 28.0 Å². The lowest BCUT2D eigenvalue weighted by molar-refractivity contribution is 0.0939. The average Bonchev–Trinajstić information content (AvgIpc) is 3.35. The van der Waals surface area contributed by atoms with Crippen LogP contribution in [0, 0.1) is 11.3 Å². The third kappa shape index (κ3) is 5.80. The molecule has 0 atom stereocenters. The van der Waals surface area contributed by atoms with E-state index in [1.807, 2.05) is 66.7 Å². The van der Waals surface area contributed by atoms with Crippen molar-refractivity contribution in [3.63, 3.8) is 0 Å². The van der Waals surface area contributed by atoms with Gasteiger partial charge in [-0.15, -0.1) is 0 Å². The fraction of sp³-hybridized carbons (Fsp3) is 0.207. The molecule has 1 N–H and O–H groups in total. The quantitative estimate of drug-likeness (QED) is 0.252. The summed E-state index contributed by atoms with van der Waals surface area (Å²) in [6.45, 7) is 0.711. The summed E-state index contributed by atoms with van der Waals surface area (Å²) in [6, 6.07) is 23.5. The van der Waals surface area contributed by atoms with Crippen molar-refractivity contribution in [2.24, 2.45) is 0 Å². The molecule has 0 saturated heterocycles. The SMILES string of the molecule is COc1ccc(COCc2cc3c(CC(C#N)=CNc4ccccc4)cc(OC)c(OC)c3o2)cc1. The largest absolute Gasteiger partial charge is 0.497 e. The van der Waals surface area contributed by atoms with Gasteiger partial charge in [-0.3, -0.25) is 0 Å². The Hall–Kier alpha value is -4.41. The molecule has 1 heterocycles. The van der Waals surface area contributed by atoms with E-state index in [2.05, 4.69) is 11.4 Å². The first-order valence-electron chi connectivity index (χ1n) is 11.4. The van der Waals surface area contributed by atoms with Crippen LogP contribution in [0.5, 0.6) is 17.2 Å². The molecule has 0 amide bonds. The maximum Gasteiger partial charge on any atom is 0.204 e. The molecule has 36 heavy (non-hydrogen) atoms. The molecule has 0 radical (unpaired) electrons. The minimum absolute atomic E-state index is 0.280. The maximum atomic E-state index is 9.76. The lowest BCUT2D eigenvalue weighted by atomic mass is 10.0. The number of allylic oxidation sites excluding steroid dienone is 1. The number of hydrogen-bond donors (Lipinski definition) is 1. The van der Waals surface area contributed by atoms with Gasteiger partial charge in [0.05, 0.1) is 34.0 Å². The Morgan fingerprint density at radius 2 is 1.72 bits per heavy atom. The van der Waals surface area contributed by atoms with Crippen molar-refractivity contribution in [1.29, 1.82) is 5.26 Å². The standard InChI is InChI=1S/C29H28N2O5/c1-32-24-11-9-20(10-12-24)18-35-19-25-15-26-22(14-27(33-2)29(34-3)28(26)36-25)13-21(16-30)17-31-23-7-5-4-6-8-23/h4-12,14-15,17,31H,13,18-19H2,1-3H3. The minimum Gasteiger partial charge on any atom is -0.497 e. The molecule has 184 valence electrons. The van der Waals surface area contributed by atoms with Crippen LogP contribution in [0.2, 0.25) is 0 Å². The Labute approximate surface area is 210 Å². The maximum absolute atomic E-state index is 9.76. The fourth-order valence-corrected chi connectivity index (χ4v) is 3.85. The van der Waals surface area contributed by atoms with Crippen LogP contribution in [0.4, 0.5) is 5.69 Å². The molecule has 0 aliphatic heterocycles. The topological polar surface area (TPSA) is 85.9 Å². The second-order valence-corrected chi connectivity index (χ2v) is 8.04. The number of nitriles is 1. The van der Waals surface area contributed by atoms with E-state index in [1.165, 1.54) is 0 Å². The smallest absolute Gasteiger partial charge is 0.204 e. The Kier molecular flexibility index (Phi) is 8.12. The Bertz CT molecular complexity index is 1370. The van der Waals surface area contributed by atoms with Crippen LogP contribution in [0.15, 0.2) is 82.9 Å². The molecule has 0 unspecified atom stereocenters. The summed E-state index contributed by atoms with van der Waals surface area (Å²) in [5, 5.41) is 13.8. The molecule has 0 bridgehead atoms. The number of para-hydroxylation sites is 1. The molecule has 3 aromatic carbocycles. The van der Waals surface area contributed by atoms with Gasteiger partial charge in [0.25, 0.3) is 0 Å². The van der Waals surface area contributed by atoms with E-state index in [-0.39, 0.29) is 6.61 Å². The van der Waals surface area contributed by atoms with E-state index in [0.29, 0.717) is 41.4 Å². The molecule has 0 saturated carbocycles. The number of rotatable bonds is 11. The van der Waals surface area contributed by atoms with Gasteiger partial charge in [0.15, 0.2) is 11.3 Å². The zero-order chi connectivity index (χ0) is 25.3. The lowest BCUT2D eigenvalue weighted by Crippen LogP contribution is -1.97. The minimum atomic E-state index is 0.280. The summed E-state index contributed by atoms with van der Waals surface area (Å²) in [4.78, 5) is 0. The van der Waals surface area contributed by atoms with Gasteiger partial charge in [0, 0.05) is 29.3 Å². The second-order valence-electron chi connectivity index (χ2n) is 8.04. The van der Waals surface area contributed by atoms with Crippen LogP contribution in [0.25, 0.3) is 11.0 Å². The van der Waals surface area contributed by atoms with Gasteiger partial charge < -0.3 is 28.7 Å². The van der Waals surface area contributed by atoms with Crippen LogP contribution in [-0.2, 0) is 24.4 Å². The Morgan fingerprint density at radius 1 is 0.944 bits per heavy atom. The van der Waals surface area contributed by atoms with Crippen molar-refractivity contribution in [3.05, 3.63) is 95.4 Å². The summed E-state index contributed by atoms with van der Waals surface area (Å²) in [7, 11) is 4.79. The highest BCUT2D eigenvalue weighted by Gasteiger charge is 2.19. The summed E-state index contributed by atoms with van der Waals surface area (Å²) in [5.74, 6) is 2.49. The van der Waals surface area contributed by atoms with Crippen LogP contribution in [0.3, 0.4) is 0 Å². The molecule has 4 rings (SSSR count). The first kappa shape index (κ1) is 24.7. The van der Waals surface area contributed by atoms with Crippen LogP contribution in [-0.4, -0.2) is 21.3 Å². The van der Waals surface area contributed by atoms with Crippen molar-refractivity contribution in [2.75, 3.05) is 26.6 Å². The highest BCUT2D eigenvalue weighted by Crippen LogP contribution is 2.40. The molecule has 7 nitrogen and oxygen atoms in total. The lowest BCUT2D eigenvalue weighted by Gasteiger charge is -2.11. The van der Waals surface area contributed by atoms with E-state index in [4.69, 9.17) is 23.4 Å². The van der Waals surface area contributed by atoms with Gasteiger partial charge in [-0.1, -0.05) is 30.3 Å². The number of fused-ring (bicyclic) bond motifs is 1. The van der Waals surface area contributed by atoms with Crippen molar-refractivity contribution in [3.8, 4) is 23.3 Å². The van der Waals surface area contributed by atoms with Crippen LogP contribution >= 0.6 is 0 Å². The van der Waals surface area contributed by atoms with E-state index >= 15 is 0 Å². The molecule has 1 aromatic heterocycles. The van der Waals surface area contributed by atoms with Crippen molar-refractivity contribution >= 4 is 16.7 Å². The first-order chi connectivity index (χ1) is 17.6. The predicted molar refractivity (Wildman–Crippen MR) is 138 cm³/mol. The average molecular weight is 485 g/mol. The number of ether oxygens (including phenoxy) is 4. The molecular weight excluding hydrogens is 456 g/mol. The fourth-order valence-electron chi connectivity index (χ4n) is 3.85. The zero-order valence-electron chi connectivity index (χ0n) is 20.5. The predicted octanol–water partition coefficient (Wildman–Crippen LogP) is 6.24. The van der Waals surface area contributed by atoms with Gasteiger partial charge >= 0.3 is 0 Å². The van der Waals surface area contributed by atoms with Gasteiger partial charge in [-0.2, -0.15) is 5.26 Å². The summed E-state index contributed by atoms with van der Waals surface area (Å²) < 4.78 is 28.3. The molecule has 0 aliphatic rings. The highest BCUT2D eigenvalue weighted by molar-refractivity contribution is 5.90. The normalized spacial score (nSPS) is 11.2. The molecule has 0 fully saturated rings. The van der Waals surface area contributed by atoms with Gasteiger partial charge in [0.1, 0.15) is 18.1 Å². The van der Waals surface area contributed by atoms with Crippen LogP contribution < -0.4 is 19.5 Å². The van der Waals surface area contributed by atoms with E-state index in [1.54, 1.807) is 27.5 Å². The second kappa shape index (κ2) is 11.8. The summed E-state index contributed by atoms with van der Waals surface area (Å²) in [5.41, 5.74) is 3.94. The van der Waals surface area contributed by atoms with Gasteiger partial charge in [-0.25, -0.2) is 0 Å². The molecule has 0 aliphatic carbocycles. The number of anilines is 1. The number of methoxy groups -OCH3 is 3. The Morgan fingerprint density at radius 3 is 2.39 bits per heavy atom. The van der Waals surface area contributed by atoms with E-state index in [9.17, 15) is 5.26 Å². The summed E-state index contributed by atoms with van der Waals surface area (Å²) in [6.07, 6.45) is 2.11. The molecular formula is C29H28N2O5.